The van der Waals surface area contributed by atoms with Crippen LogP contribution in [0.25, 0.3) is 0 Å². The molecule has 0 saturated carbocycles. The maximum absolute atomic E-state index is 11.4. The van der Waals surface area contributed by atoms with Crippen molar-refractivity contribution in [2.75, 3.05) is 13.2 Å². The van der Waals surface area contributed by atoms with Gasteiger partial charge < -0.3 is 9.47 Å². The second-order valence-corrected chi connectivity index (χ2v) is 4.12. The molecule has 0 aliphatic rings. The lowest BCUT2D eigenvalue weighted by molar-refractivity contribution is -0.150. The molecular formula is C15H18O4. The molecule has 0 amide bonds. The smallest absolute Gasteiger partial charge is 0.333 e. The topological polar surface area (TPSA) is 52.6 Å². The SMILES string of the molecule is C=C(C)C(=O)OCCOC(=O)CCc1ccccc1. The van der Waals surface area contributed by atoms with Crippen LogP contribution in [0.1, 0.15) is 18.9 Å². The number of aryl methyl sites for hydroxylation is 1. The Balaban J connectivity index is 2.12. The van der Waals surface area contributed by atoms with Gasteiger partial charge in [-0.1, -0.05) is 36.9 Å². The summed E-state index contributed by atoms with van der Waals surface area (Å²) in [5.74, 6) is -0.768. The van der Waals surface area contributed by atoms with Crippen molar-refractivity contribution < 1.29 is 19.1 Å². The van der Waals surface area contributed by atoms with Crippen LogP contribution in [0.4, 0.5) is 0 Å². The Morgan fingerprint density at radius 3 is 2.37 bits per heavy atom. The number of esters is 2. The van der Waals surface area contributed by atoms with Crippen LogP contribution in [-0.2, 0) is 25.5 Å². The summed E-state index contributed by atoms with van der Waals surface area (Å²) in [6.07, 6.45) is 0.962. The summed E-state index contributed by atoms with van der Waals surface area (Å²) in [5.41, 5.74) is 1.42. The fraction of sp³-hybridized carbons (Fsp3) is 0.333. The molecule has 1 aromatic rings. The number of carbonyl (C=O) groups excluding carboxylic acids is 2. The first-order valence-electron chi connectivity index (χ1n) is 6.12. The summed E-state index contributed by atoms with van der Waals surface area (Å²) in [4.78, 5) is 22.5. The Hall–Kier alpha value is -2.10. The molecule has 19 heavy (non-hydrogen) atoms. The standard InChI is InChI=1S/C15H18O4/c1-12(2)15(17)19-11-10-18-14(16)9-8-13-6-4-3-5-7-13/h3-7H,1,8-11H2,2H3. The van der Waals surface area contributed by atoms with E-state index in [1.165, 1.54) is 0 Å². The molecule has 0 unspecified atom stereocenters. The van der Waals surface area contributed by atoms with E-state index in [1.54, 1.807) is 6.92 Å². The summed E-state index contributed by atoms with van der Waals surface area (Å²) in [5, 5.41) is 0. The second-order valence-electron chi connectivity index (χ2n) is 4.12. The number of hydrogen-bond donors (Lipinski definition) is 0. The number of benzene rings is 1. The van der Waals surface area contributed by atoms with Gasteiger partial charge in [0.05, 0.1) is 0 Å². The minimum atomic E-state index is -0.472. The van der Waals surface area contributed by atoms with Crippen molar-refractivity contribution in [1.29, 1.82) is 0 Å². The van der Waals surface area contributed by atoms with Gasteiger partial charge in [-0.25, -0.2) is 4.79 Å². The van der Waals surface area contributed by atoms with Gasteiger partial charge in [0.2, 0.25) is 0 Å². The monoisotopic (exact) mass is 262 g/mol. The quantitative estimate of drug-likeness (QED) is 0.430. The molecule has 0 aliphatic carbocycles. The summed E-state index contributed by atoms with van der Waals surface area (Å²) >= 11 is 0. The van der Waals surface area contributed by atoms with Crippen LogP contribution in [0.15, 0.2) is 42.5 Å². The lowest BCUT2D eigenvalue weighted by Crippen LogP contribution is -2.14. The lowest BCUT2D eigenvalue weighted by Gasteiger charge is -2.06. The van der Waals surface area contributed by atoms with Crippen LogP contribution in [-0.4, -0.2) is 25.2 Å². The van der Waals surface area contributed by atoms with E-state index in [0.717, 1.165) is 5.56 Å². The van der Waals surface area contributed by atoms with Gasteiger partial charge in [-0.15, -0.1) is 0 Å². The van der Waals surface area contributed by atoms with E-state index >= 15 is 0 Å². The Kier molecular flexibility index (Phi) is 6.36. The molecule has 4 heteroatoms. The van der Waals surface area contributed by atoms with E-state index in [9.17, 15) is 9.59 Å². The fourth-order valence-electron chi connectivity index (χ4n) is 1.38. The summed E-state index contributed by atoms with van der Waals surface area (Å²) < 4.78 is 9.75. The number of ether oxygens (including phenoxy) is 2. The predicted molar refractivity (Wildman–Crippen MR) is 71.5 cm³/mol. The average Bonchev–Trinajstić information content (AvgIpc) is 2.42. The van der Waals surface area contributed by atoms with E-state index in [4.69, 9.17) is 9.47 Å². The molecule has 102 valence electrons. The van der Waals surface area contributed by atoms with Crippen molar-refractivity contribution in [3.63, 3.8) is 0 Å². The Morgan fingerprint density at radius 1 is 1.11 bits per heavy atom. The minimum Gasteiger partial charge on any atom is -0.462 e. The molecule has 0 spiro atoms. The van der Waals surface area contributed by atoms with Gasteiger partial charge in [0, 0.05) is 12.0 Å². The van der Waals surface area contributed by atoms with Crippen LogP contribution < -0.4 is 0 Å². The van der Waals surface area contributed by atoms with Gasteiger partial charge >= 0.3 is 11.9 Å². The van der Waals surface area contributed by atoms with Gasteiger partial charge in [0.1, 0.15) is 13.2 Å². The zero-order chi connectivity index (χ0) is 14.1. The van der Waals surface area contributed by atoms with Gasteiger partial charge in [0.15, 0.2) is 0 Å². The first-order valence-corrected chi connectivity index (χ1v) is 6.12. The fourth-order valence-corrected chi connectivity index (χ4v) is 1.38. The van der Waals surface area contributed by atoms with Crippen LogP contribution in [0, 0.1) is 0 Å². The van der Waals surface area contributed by atoms with E-state index in [-0.39, 0.29) is 19.2 Å². The van der Waals surface area contributed by atoms with Crippen LogP contribution >= 0.6 is 0 Å². The van der Waals surface area contributed by atoms with Gasteiger partial charge in [-0.2, -0.15) is 0 Å². The molecule has 0 heterocycles. The minimum absolute atomic E-state index is 0.0583. The molecule has 0 aromatic heterocycles. The molecular weight excluding hydrogens is 244 g/mol. The Labute approximate surface area is 113 Å². The third-order valence-corrected chi connectivity index (χ3v) is 2.39. The van der Waals surface area contributed by atoms with Gasteiger partial charge in [-0.3, -0.25) is 4.79 Å². The van der Waals surface area contributed by atoms with Crippen LogP contribution in [0.5, 0.6) is 0 Å². The Morgan fingerprint density at radius 2 is 1.74 bits per heavy atom. The summed E-state index contributed by atoms with van der Waals surface area (Å²) in [7, 11) is 0. The van der Waals surface area contributed by atoms with Crippen LogP contribution in [0.3, 0.4) is 0 Å². The van der Waals surface area contributed by atoms with Crippen molar-refractivity contribution in [2.24, 2.45) is 0 Å². The van der Waals surface area contributed by atoms with Crippen molar-refractivity contribution in [3.05, 3.63) is 48.0 Å². The first kappa shape index (κ1) is 15.0. The zero-order valence-electron chi connectivity index (χ0n) is 11.1. The van der Waals surface area contributed by atoms with Crippen molar-refractivity contribution >= 4 is 11.9 Å². The molecule has 0 atom stereocenters. The molecule has 0 radical (unpaired) electrons. The maximum Gasteiger partial charge on any atom is 0.333 e. The Bertz CT molecular complexity index is 437. The average molecular weight is 262 g/mol. The molecule has 0 saturated heterocycles. The first-order chi connectivity index (χ1) is 9.09. The highest BCUT2D eigenvalue weighted by Gasteiger charge is 2.05. The normalized spacial score (nSPS) is 9.74. The zero-order valence-corrected chi connectivity index (χ0v) is 11.1. The van der Waals surface area contributed by atoms with Crippen LogP contribution in [0.2, 0.25) is 0 Å². The molecule has 1 aromatic carbocycles. The molecule has 0 aliphatic heterocycles. The van der Waals surface area contributed by atoms with E-state index < -0.39 is 5.97 Å². The summed E-state index contributed by atoms with van der Waals surface area (Å²) in [6, 6.07) is 9.71. The predicted octanol–water partition coefficient (Wildman–Crippen LogP) is 2.28. The molecule has 0 N–H and O–H groups in total. The summed E-state index contributed by atoms with van der Waals surface area (Å²) in [6.45, 7) is 5.15. The third kappa shape index (κ3) is 6.41. The molecule has 4 nitrogen and oxygen atoms in total. The van der Waals surface area contributed by atoms with E-state index in [2.05, 4.69) is 6.58 Å². The maximum atomic E-state index is 11.4. The number of hydrogen-bond acceptors (Lipinski definition) is 4. The van der Waals surface area contributed by atoms with Crippen molar-refractivity contribution in [3.8, 4) is 0 Å². The highest BCUT2D eigenvalue weighted by atomic mass is 16.6. The van der Waals surface area contributed by atoms with Crippen molar-refractivity contribution in [2.45, 2.75) is 19.8 Å². The third-order valence-electron chi connectivity index (χ3n) is 2.39. The molecule has 0 fully saturated rings. The largest absolute Gasteiger partial charge is 0.462 e. The number of rotatable bonds is 7. The lowest BCUT2D eigenvalue weighted by atomic mass is 10.1. The van der Waals surface area contributed by atoms with Gasteiger partial charge in [0.25, 0.3) is 0 Å². The van der Waals surface area contributed by atoms with E-state index in [1.807, 2.05) is 30.3 Å². The molecule has 0 bridgehead atoms. The second kappa shape index (κ2) is 8.08. The van der Waals surface area contributed by atoms with E-state index in [0.29, 0.717) is 18.4 Å². The highest BCUT2D eigenvalue weighted by Crippen LogP contribution is 2.03. The molecule has 1 rings (SSSR count). The number of carbonyl (C=O) groups is 2. The highest BCUT2D eigenvalue weighted by molar-refractivity contribution is 5.86. The van der Waals surface area contributed by atoms with Gasteiger partial charge in [-0.05, 0) is 18.9 Å². The van der Waals surface area contributed by atoms with Crippen molar-refractivity contribution in [1.82, 2.24) is 0 Å².